The molecule has 0 spiro atoms. The van der Waals surface area contributed by atoms with Gasteiger partial charge in [0.25, 0.3) is 5.91 Å². The average Bonchev–Trinajstić information content (AvgIpc) is 3.36. The van der Waals surface area contributed by atoms with Crippen molar-refractivity contribution >= 4 is 11.8 Å². The summed E-state index contributed by atoms with van der Waals surface area (Å²) >= 11 is 0. The Hall–Kier alpha value is -2.94. The molecule has 2 aromatic rings. The van der Waals surface area contributed by atoms with Crippen LogP contribution in [0.15, 0.2) is 30.5 Å². The lowest BCUT2D eigenvalue weighted by Gasteiger charge is -2.24. The molecule has 28 heavy (non-hydrogen) atoms. The third-order valence-electron chi connectivity index (χ3n) is 4.95. The molecule has 0 saturated carbocycles. The zero-order valence-corrected chi connectivity index (χ0v) is 16.5. The molecular formula is C19H26N6O3. The Bertz CT molecular complexity index is 863. The molecule has 0 radical (unpaired) electrons. The Kier molecular flexibility index (Phi) is 5.64. The Labute approximate surface area is 163 Å². The maximum absolute atomic E-state index is 12.6. The third-order valence-corrected chi connectivity index (χ3v) is 4.95. The van der Waals surface area contributed by atoms with Crippen LogP contribution in [0.4, 0.5) is 0 Å². The number of amides is 2. The summed E-state index contributed by atoms with van der Waals surface area (Å²) in [6.07, 6.45) is 2.46. The lowest BCUT2D eigenvalue weighted by Crippen LogP contribution is -2.41. The first-order valence-corrected chi connectivity index (χ1v) is 9.18. The number of methoxy groups -OCH3 is 1. The van der Waals surface area contributed by atoms with E-state index in [4.69, 9.17) is 4.74 Å². The van der Waals surface area contributed by atoms with Crippen molar-refractivity contribution in [1.82, 2.24) is 30.9 Å². The zero-order chi connectivity index (χ0) is 20.3. The highest BCUT2D eigenvalue weighted by Gasteiger charge is 2.32. The number of hydrogen-bond acceptors (Lipinski definition) is 6. The van der Waals surface area contributed by atoms with E-state index in [0.29, 0.717) is 30.0 Å². The van der Waals surface area contributed by atoms with Crippen molar-refractivity contribution in [2.24, 2.45) is 0 Å². The van der Waals surface area contributed by atoms with Gasteiger partial charge >= 0.3 is 0 Å². The van der Waals surface area contributed by atoms with Crippen molar-refractivity contribution in [1.29, 1.82) is 0 Å². The highest BCUT2D eigenvalue weighted by Crippen LogP contribution is 2.23. The van der Waals surface area contributed by atoms with Crippen LogP contribution in [0.1, 0.15) is 42.4 Å². The average molecular weight is 386 g/mol. The van der Waals surface area contributed by atoms with Crippen molar-refractivity contribution in [3.8, 4) is 5.75 Å². The summed E-state index contributed by atoms with van der Waals surface area (Å²) < 4.78 is 6.93. The molecule has 0 unspecified atom stereocenters. The summed E-state index contributed by atoms with van der Waals surface area (Å²) in [4.78, 5) is 24.4. The van der Waals surface area contributed by atoms with E-state index >= 15 is 0 Å². The van der Waals surface area contributed by atoms with Gasteiger partial charge in [-0.15, -0.1) is 5.10 Å². The fraction of sp³-hybridized carbons (Fsp3) is 0.474. The Morgan fingerprint density at radius 1 is 1.36 bits per heavy atom. The number of benzene rings is 1. The molecule has 1 aliphatic rings. The van der Waals surface area contributed by atoms with E-state index in [9.17, 15) is 9.59 Å². The Morgan fingerprint density at radius 2 is 2.14 bits per heavy atom. The van der Waals surface area contributed by atoms with Crippen molar-refractivity contribution in [3.05, 3.63) is 41.7 Å². The van der Waals surface area contributed by atoms with Crippen LogP contribution in [0.5, 0.6) is 5.75 Å². The predicted octanol–water partition coefficient (Wildman–Crippen LogP) is 0.601. The van der Waals surface area contributed by atoms with Gasteiger partial charge in [0.15, 0.2) is 0 Å². The van der Waals surface area contributed by atoms with Gasteiger partial charge in [-0.2, -0.15) is 0 Å². The number of likely N-dealkylation sites (N-methyl/N-ethyl adjacent to an activating group) is 1. The molecule has 3 rings (SSSR count). The van der Waals surface area contributed by atoms with Gasteiger partial charge in [0.05, 0.1) is 30.9 Å². The summed E-state index contributed by atoms with van der Waals surface area (Å²) in [5, 5.41) is 17.3. The first kappa shape index (κ1) is 19.8. The van der Waals surface area contributed by atoms with E-state index < -0.39 is 5.54 Å². The monoisotopic (exact) mass is 386 g/mol. The minimum atomic E-state index is -0.718. The Morgan fingerprint density at radius 3 is 2.86 bits per heavy atom. The topological polar surface area (TPSA) is 110 Å². The molecule has 1 fully saturated rings. The van der Waals surface area contributed by atoms with Crippen LogP contribution in [-0.4, -0.2) is 53.6 Å². The number of carbonyl (C=O) groups is 2. The molecule has 2 heterocycles. The standard InChI is InChI=1S/C19H26N6O3/c1-19(2,22-17(26)12-6-5-7-14(8-12)28-4)16-11-25(24-23-16)13-9-15(21-10-13)18(27)20-3/h5-8,11,13,15,21H,9-10H2,1-4H3,(H,20,27)(H,22,26)/t13-,15-/m0/s1. The molecule has 1 aromatic heterocycles. The molecule has 2 amide bonds. The van der Waals surface area contributed by atoms with Crippen LogP contribution in [0.2, 0.25) is 0 Å². The fourth-order valence-corrected chi connectivity index (χ4v) is 3.22. The van der Waals surface area contributed by atoms with E-state index in [-0.39, 0.29) is 23.9 Å². The maximum Gasteiger partial charge on any atom is 0.252 e. The number of ether oxygens (including phenoxy) is 1. The predicted molar refractivity (Wildman–Crippen MR) is 103 cm³/mol. The molecule has 1 aromatic carbocycles. The molecule has 9 heteroatoms. The number of hydrogen-bond donors (Lipinski definition) is 3. The quantitative estimate of drug-likeness (QED) is 0.671. The second-order valence-corrected chi connectivity index (χ2v) is 7.36. The van der Waals surface area contributed by atoms with E-state index in [1.165, 1.54) is 0 Å². The summed E-state index contributed by atoms with van der Waals surface area (Å²) in [6.45, 7) is 4.39. The molecule has 9 nitrogen and oxygen atoms in total. The van der Waals surface area contributed by atoms with Crippen LogP contribution in [-0.2, 0) is 10.3 Å². The SMILES string of the molecule is CNC(=O)[C@@H]1C[C@H](n2cc(C(C)(C)NC(=O)c3cccc(OC)c3)nn2)CN1. The van der Waals surface area contributed by atoms with Gasteiger partial charge in [-0.1, -0.05) is 11.3 Å². The largest absolute Gasteiger partial charge is 0.497 e. The summed E-state index contributed by atoms with van der Waals surface area (Å²) in [5.41, 5.74) is 0.435. The van der Waals surface area contributed by atoms with Crippen molar-refractivity contribution in [3.63, 3.8) is 0 Å². The van der Waals surface area contributed by atoms with Gasteiger partial charge in [-0.05, 0) is 38.5 Å². The molecule has 150 valence electrons. The van der Waals surface area contributed by atoms with Crippen LogP contribution in [0.3, 0.4) is 0 Å². The third kappa shape index (κ3) is 4.14. The maximum atomic E-state index is 12.6. The van der Waals surface area contributed by atoms with Crippen molar-refractivity contribution in [2.75, 3.05) is 20.7 Å². The molecule has 2 atom stereocenters. The first-order valence-electron chi connectivity index (χ1n) is 9.18. The summed E-state index contributed by atoms with van der Waals surface area (Å²) in [6, 6.07) is 6.78. The van der Waals surface area contributed by atoms with Crippen molar-refractivity contribution in [2.45, 2.75) is 37.9 Å². The minimum absolute atomic E-state index is 0.0336. The fourth-order valence-electron chi connectivity index (χ4n) is 3.22. The molecule has 0 bridgehead atoms. The van der Waals surface area contributed by atoms with Gasteiger partial charge in [0.2, 0.25) is 5.91 Å². The summed E-state index contributed by atoms with van der Waals surface area (Å²) in [7, 11) is 3.18. The van der Waals surface area contributed by atoms with Gasteiger partial charge in [0.1, 0.15) is 11.4 Å². The van der Waals surface area contributed by atoms with E-state index in [0.717, 1.165) is 0 Å². The molecule has 0 aliphatic carbocycles. The minimum Gasteiger partial charge on any atom is -0.497 e. The van der Waals surface area contributed by atoms with Gasteiger partial charge in [-0.3, -0.25) is 9.59 Å². The van der Waals surface area contributed by atoms with E-state index in [1.54, 1.807) is 43.1 Å². The number of nitrogens with one attached hydrogen (secondary N) is 3. The van der Waals surface area contributed by atoms with Crippen LogP contribution >= 0.6 is 0 Å². The Balaban J connectivity index is 1.69. The number of rotatable bonds is 6. The van der Waals surface area contributed by atoms with E-state index in [1.807, 2.05) is 20.0 Å². The molecular weight excluding hydrogens is 360 g/mol. The lowest BCUT2D eigenvalue weighted by atomic mass is 10.0. The van der Waals surface area contributed by atoms with Crippen LogP contribution in [0, 0.1) is 0 Å². The van der Waals surface area contributed by atoms with Gasteiger partial charge in [0, 0.05) is 19.2 Å². The molecule has 1 saturated heterocycles. The summed E-state index contributed by atoms with van der Waals surface area (Å²) in [5.74, 6) is 0.366. The molecule has 3 N–H and O–H groups in total. The number of carbonyl (C=O) groups excluding carboxylic acids is 2. The van der Waals surface area contributed by atoms with Crippen LogP contribution in [0.25, 0.3) is 0 Å². The van der Waals surface area contributed by atoms with E-state index in [2.05, 4.69) is 26.3 Å². The highest BCUT2D eigenvalue weighted by atomic mass is 16.5. The lowest BCUT2D eigenvalue weighted by molar-refractivity contribution is -0.122. The second-order valence-electron chi connectivity index (χ2n) is 7.36. The number of nitrogens with zero attached hydrogens (tertiary/aromatic N) is 3. The van der Waals surface area contributed by atoms with Gasteiger partial charge < -0.3 is 20.7 Å². The normalized spacial score (nSPS) is 19.3. The van der Waals surface area contributed by atoms with Crippen LogP contribution < -0.4 is 20.7 Å². The highest BCUT2D eigenvalue weighted by molar-refractivity contribution is 5.95. The second kappa shape index (κ2) is 7.97. The number of aromatic nitrogens is 3. The molecule has 1 aliphatic heterocycles. The van der Waals surface area contributed by atoms with Crippen molar-refractivity contribution < 1.29 is 14.3 Å². The van der Waals surface area contributed by atoms with Gasteiger partial charge in [-0.25, -0.2) is 4.68 Å². The first-order chi connectivity index (χ1) is 13.3. The zero-order valence-electron chi connectivity index (χ0n) is 16.5. The smallest absolute Gasteiger partial charge is 0.252 e.